The lowest BCUT2D eigenvalue weighted by atomic mass is 10.1. The zero-order chi connectivity index (χ0) is 12.6. The standard InChI is InChI=1S/C10H15N5OS/c1-5(2)6-7(17-15-13-6)8-12-9(14-16-8)10(3,4)11/h5H,11H2,1-4H3. The Kier molecular flexibility index (Phi) is 2.96. The van der Waals surface area contributed by atoms with Gasteiger partial charge in [0.25, 0.3) is 5.89 Å². The molecular formula is C10H15N5OS. The van der Waals surface area contributed by atoms with Gasteiger partial charge >= 0.3 is 0 Å². The molecule has 2 heterocycles. The number of aromatic nitrogens is 4. The van der Waals surface area contributed by atoms with Crippen molar-refractivity contribution in [2.45, 2.75) is 39.2 Å². The van der Waals surface area contributed by atoms with Crippen LogP contribution in [0.15, 0.2) is 4.52 Å². The predicted octanol–water partition coefficient (Wildman–Crippen LogP) is 1.91. The summed E-state index contributed by atoms with van der Waals surface area (Å²) < 4.78 is 9.14. The maximum Gasteiger partial charge on any atom is 0.271 e. The third kappa shape index (κ3) is 2.34. The summed E-state index contributed by atoms with van der Waals surface area (Å²) in [5, 5.41) is 7.96. The molecule has 0 saturated heterocycles. The fourth-order valence-corrected chi connectivity index (χ4v) is 2.04. The van der Waals surface area contributed by atoms with Gasteiger partial charge < -0.3 is 10.3 Å². The van der Waals surface area contributed by atoms with Crippen LogP contribution >= 0.6 is 11.5 Å². The monoisotopic (exact) mass is 253 g/mol. The van der Waals surface area contributed by atoms with Gasteiger partial charge in [0.1, 0.15) is 4.88 Å². The van der Waals surface area contributed by atoms with Gasteiger partial charge in [-0.1, -0.05) is 23.5 Å². The molecule has 0 aliphatic rings. The first-order valence-electron chi connectivity index (χ1n) is 5.35. The molecule has 2 rings (SSSR count). The van der Waals surface area contributed by atoms with Gasteiger partial charge in [0.15, 0.2) is 5.82 Å². The highest BCUT2D eigenvalue weighted by molar-refractivity contribution is 7.09. The van der Waals surface area contributed by atoms with E-state index in [1.165, 1.54) is 11.5 Å². The molecule has 0 fully saturated rings. The molecule has 0 amide bonds. The second-order valence-corrected chi connectivity index (χ2v) is 5.54. The summed E-state index contributed by atoms with van der Waals surface area (Å²) in [4.78, 5) is 5.12. The van der Waals surface area contributed by atoms with E-state index < -0.39 is 5.54 Å². The number of nitrogens with zero attached hydrogens (tertiary/aromatic N) is 4. The molecule has 6 nitrogen and oxygen atoms in total. The Morgan fingerprint density at radius 2 is 2.06 bits per heavy atom. The molecule has 0 aromatic carbocycles. The smallest absolute Gasteiger partial charge is 0.271 e. The van der Waals surface area contributed by atoms with E-state index in [1.54, 1.807) is 0 Å². The van der Waals surface area contributed by atoms with Gasteiger partial charge in [-0.05, 0) is 31.3 Å². The summed E-state index contributed by atoms with van der Waals surface area (Å²) >= 11 is 1.26. The molecular weight excluding hydrogens is 238 g/mol. The van der Waals surface area contributed by atoms with Crippen LogP contribution < -0.4 is 5.73 Å². The zero-order valence-corrected chi connectivity index (χ0v) is 11.1. The Morgan fingerprint density at radius 3 is 2.59 bits per heavy atom. The molecule has 0 atom stereocenters. The number of nitrogens with two attached hydrogens (primary N) is 1. The quantitative estimate of drug-likeness (QED) is 0.898. The number of rotatable bonds is 3. The van der Waals surface area contributed by atoms with Crippen molar-refractivity contribution in [3.63, 3.8) is 0 Å². The number of hydrogen-bond acceptors (Lipinski definition) is 7. The molecule has 7 heteroatoms. The first kappa shape index (κ1) is 12.1. The normalized spacial score (nSPS) is 12.4. The summed E-state index contributed by atoms with van der Waals surface area (Å²) in [5.41, 5.74) is 6.17. The van der Waals surface area contributed by atoms with Crippen LogP contribution in [0.5, 0.6) is 0 Å². The van der Waals surface area contributed by atoms with Crippen LogP contribution in [0.4, 0.5) is 0 Å². The topological polar surface area (TPSA) is 90.7 Å². The average molecular weight is 253 g/mol. The van der Waals surface area contributed by atoms with Crippen LogP contribution in [-0.4, -0.2) is 19.7 Å². The SMILES string of the molecule is CC(C)c1nnsc1-c1nc(C(C)(C)N)no1. The maximum atomic E-state index is 5.91. The van der Waals surface area contributed by atoms with Gasteiger partial charge in [0, 0.05) is 0 Å². The second kappa shape index (κ2) is 4.15. The van der Waals surface area contributed by atoms with Crippen LogP contribution in [-0.2, 0) is 5.54 Å². The Bertz CT molecular complexity index is 511. The summed E-state index contributed by atoms with van der Waals surface area (Å²) in [5.74, 6) is 1.19. The summed E-state index contributed by atoms with van der Waals surface area (Å²) in [7, 11) is 0. The lowest BCUT2D eigenvalue weighted by Gasteiger charge is -2.11. The van der Waals surface area contributed by atoms with Crippen molar-refractivity contribution >= 4 is 11.5 Å². The molecule has 0 unspecified atom stereocenters. The molecule has 92 valence electrons. The van der Waals surface area contributed by atoms with Crippen LogP contribution in [0.1, 0.15) is 45.1 Å². The van der Waals surface area contributed by atoms with E-state index in [-0.39, 0.29) is 5.92 Å². The maximum absolute atomic E-state index is 5.91. The minimum absolute atomic E-state index is 0.269. The first-order chi connectivity index (χ1) is 7.89. The fraction of sp³-hybridized carbons (Fsp3) is 0.600. The minimum Gasteiger partial charge on any atom is -0.333 e. The van der Waals surface area contributed by atoms with E-state index >= 15 is 0 Å². The number of hydrogen-bond donors (Lipinski definition) is 1. The highest BCUT2D eigenvalue weighted by Gasteiger charge is 2.25. The molecule has 0 bridgehead atoms. The first-order valence-corrected chi connectivity index (χ1v) is 6.12. The molecule has 2 aromatic heterocycles. The van der Waals surface area contributed by atoms with Crippen LogP contribution in [0.2, 0.25) is 0 Å². The van der Waals surface area contributed by atoms with Crippen LogP contribution in [0.25, 0.3) is 10.8 Å². The van der Waals surface area contributed by atoms with Gasteiger partial charge in [-0.15, -0.1) is 5.10 Å². The summed E-state index contributed by atoms with van der Waals surface area (Å²) in [6.45, 7) is 7.75. The van der Waals surface area contributed by atoms with E-state index in [4.69, 9.17) is 10.3 Å². The third-order valence-corrected chi connectivity index (χ3v) is 2.99. The Hall–Kier alpha value is -1.34. The fourth-order valence-electron chi connectivity index (χ4n) is 1.30. The van der Waals surface area contributed by atoms with Gasteiger partial charge in [0.05, 0.1) is 11.2 Å². The molecule has 0 saturated carbocycles. The van der Waals surface area contributed by atoms with E-state index in [2.05, 4.69) is 19.7 Å². The van der Waals surface area contributed by atoms with Gasteiger partial charge in [-0.25, -0.2) is 0 Å². The van der Waals surface area contributed by atoms with Crippen molar-refractivity contribution in [3.05, 3.63) is 11.5 Å². The molecule has 0 aliphatic heterocycles. The highest BCUT2D eigenvalue weighted by Crippen LogP contribution is 2.30. The summed E-state index contributed by atoms with van der Waals surface area (Å²) in [6.07, 6.45) is 0. The Morgan fingerprint density at radius 1 is 1.35 bits per heavy atom. The Balaban J connectivity index is 2.41. The third-order valence-electron chi connectivity index (χ3n) is 2.26. The van der Waals surface area contributed by atoms with Gasteiger partial charge in [0.2, 0.25) is 0 Å². The molecule has 2 aromatic rings. The van der Waals surface area contributed by atoms with E-state index in [9.17, 15) is 0 Å². The average Bonchev–Trinajstić information content (AvgIpc) is 2.85. The lowest BCUT2D eigenvalue weighted by molar-refractivity contribution is 0.397. The minimum atomic E-state index is -0.613. The van der Waals surface area contributed by atoms with E-state index in [0.29, 0.717) is 11.7 Å². The van der Waals surface area contributed by atoms with E-state index in [1.807, 2.05) is 27.7 Å². The highest BCUT2D eigenvalue weighted by atomic mass is 32.1. The van der Waals surface area contributed by atoms with Gasteiger partial charge in [-0.3, -0.25) is 0 Å². The Labute approximate surface area is 103 Å². The zero-order valence-electron chi connectivity index (χ0n) is 10.3. The van der Waals surface area contributed by atoms with E-state index in [0.717, 1.165) is 10.6 Å². The van der Waals surface area contributed by atoms with Gasteiger partial charge in [-0.2, -0.15) is 4.98 Å². The molecule has 0 aliphatic carbocycles. The van der Waals surface area contributed by atoms with Crippen molar-refractivity contribution in [3.8, 4) is 10.8 Å². The van der Waals surface area contributed by atoms with Crippen molar-refractivity contribution < 1.29 is 4.52 Å². The predicted molar refractivity (Wildman–Crippen MR) is 64.5 cm³/mol. The molecule has 0 spiro atoms. The molecule has 2 N–H and O–H groups in total. The van der Waals surface area contributed by atoms with Crippen molar-refractivity contribution in [1.29, 1.82) is 0 Å². The van der Waals surface area contributed by atoms with Crippen LogP contribution in [0, 0.1) is 0 Å². The lowest BCUT2D eigenvalue weighted by Crippen LogP contribution is -2.30. The van der Waals surface area contributed by atoms with Crippen molar-refractivity contribution in [2.24, 2.45) is 5.73 Å². The molecule has 17 heavy (non-hydrogen) atoms. The van der Waals surface area contributed by atoms with Crippen molar-refractivity contribution in [2.75, 3.05) is 0 Å². The molecule has 0 radical (unpaired) electrons. The second-order valence-electron chi connectivity index (χ2n) is 4.79. The largest absolute Gasteiger partial charge is 0.333 e. The van der Waals surface area contributed by atoms with Crippen LogP contribution in [0.3, 0.4) is 0 Å². The van der Waals surface area contributed by atoms with Crippen molar-refractivity contribution in [1.82, 2.24) is 19.7 Å². The summed E-state index contributed by atoms with van der Waals surface area (Å²) in [6, 6.07) is 0.